The first-order chi connectivity index (χ1) is 9.38. The van der Waals surface area contributed by atoms with Gasteiger partial charge in [-0.2, -0.15) is 0 Å². The predicted octanol–water partition coefficient (Wildman–Crippen LogP) is -0.463. The molecule has 8 heteroatoms. The Hall–Kier alpha value is -1.67. The van der Waals surface area contributed by atoms with Crippen molar-refractivity contribution in [1.29, 1.82) is 0 Å². The Balaban J connectivity index is 2.24. The van der Waals surface area contributed by atoms with Gasteiger partial charge in [-0.15, -0.1) is 0 Å². The fraction of sp³-hybridized carbons (Fsp3) is 0.750. The van der Waals surface area contributed by atoms with Crippen molar-refractivity contribution in [3.63, 3.8) is 0 Å². The molecule has 0 saturated carbocycles. The fourth-order valence-corrected chi connectivity index (χ4v) is 2.31. The molecule has 2 rings (SSSR count). The topological polar surface area (TPSA) is 97.4 Å². The van der Waals surface area contributed by atoms with Crippen LogP contribution in [0.5, 0.6) is 0 Å². The predicted molar refractivity (Wildman–Crippen MR) is 61.3 cm³/mol. The van der Waals surface area contributed by atoms with Gasteiger partial charge >= 0.3 is 17.9 Å². The van der Waals surface area contributed by atoms with Gasteiger partial charge in [0.15, 0.2) is 24.6 Å². The van der Waals surface area contributed by atoms with Gasteiger partial charge in [-0.05, 0) is 0 Å². The Bertz CT molecular complexity index is 390. The Morgan fingerprint density at radius 3 is 1.90 bits per heavy atom. The number of hydrogen-bond acceptors (Lipinski definition) is 8. The average molecular weight is 288 g/mol. The zero-order chi connectivity index (χ0) is 14.9. The summed E-state index contributed by atoms with van der Waals surface area (Å²) in [4.78, 5) is 33.6. The summed E-state index contributed by atoms with van der Waals surface area (Å²) in [5.41, 5.74) is 0. The number of carbonyl (C=O) groups is 3. The maximum atomic E-state index is 11.2. The van der Waals surface area contributed by atoms with Crippen LogP contribution in [0.25, 0.3) is 0 Å². The second kappa shape index (κ2) is 5.76. The van der Waals surface area contributed by atoms with E-state index in [1.54, 1.807) is 0 Å². The molecule has 0 aliphatic carbocycles. The van der Waals surface area contributed by atoms with E-state index < -0.39 is 48.6 Å². The molecule has 0 spiro atoms. The molecule has 0 unspecified atom stereocenters. The summed E-state index contributed by atoms with van der Waals surface area (Å²) >= 11 is 0. The minimum absolute atomic E-state index is 0.165. The highest BCUT2D eigenvalue weighted by Crippen LogP contribution is 2.33. The highest BCUT2D eigenvalue weighted by Gasteiger charge is 2.55. The number of ether oxygens (including phenoxy) is 5. The molecule has 0 N–H and O–H groups in total. The molecule has 0 aromatic heterocycles. The third kappa shape index (κ3) is 3.07. The molecule has 20 heavy (non-hydrogen) atoms. The molecular weight excluding hydrogens is 272 g/mol. The third-order valence-electron chi connectivity index (χ3n) is 2.92. The van der Waals surface area contributed by atoms with Crippen LogP contribution in [0.4, 0.5) is 0 Å². The first kappa shape index (κ1) is 14.7. The number of rotatable bonds is 3. The largest absolute Gasteiger partial charge is 0.456 e. The smallest absolute Gasteiger partial charge is 0.303 e. The Morgan fingerprint density at radius 2 is 1.35 bits per heavy atom. The van der Waals surface area contributed by atoms with E-state index in [9.17, 15) is 14.4 Å². The number of fused-ring (bicyclic) bond motifs is 2. The second-order valence-electron chi connectivity index (χ2n) is 4.60. The molecule has 2 fully saturated rings. The minimum Gasteiger partial charge on any atom is -0.456 e. The quantitative estimate of drug-likeness (QED) is 0.508. The lowest BCUT2D eigenvalue weighted by molar-refractivity contribution is -0.250. The van der Waals surface area contributed by atoms with Crippen molar-refractivity contribution < 1.29 is 38.1 Å². The fourth-order valence-electron chi connectivity index (χ4n) is 2.31. The van der Waals surface area contributed by atoms with Gasteiger partial charge in [-0.1, -0.05) is 0 Å². The normalized spacial score (nSPS) is 35.2. The SMILES string of the molecule is CC(=O)O[C@@H]1[C@H](OC(C)=O)[C@@H]2OC[C@@H](O2)[C@@H]1OC(C)=O. The highest BCUT2D eigenvalue weighted by atomic mass is 16.8. The molecular formula is C12H16O8. The minimum atomic E-state index is -0.973. The molecule has 0 aromatic carbocycles. The van der Waals surface area contributed by atoms with Crippen molar-refractivity contribution in [2.45, 2.75) is 51.5 Å². The number of carbonyl (C=O) groups excluding carboxylic acids is 3. The van der Waals surface area contributed by atoms with E-state index in [2.05, 4.69) is 0 Å². The van der Waals surface area contributed by atoms with Crippen LogP contribution in [-0.4, -0.2) is 55.2 Å². The van der Waals surface area contributed by atoms with E-state index in [-0.39, 0.29) is 6.61 Å². The first-order valence-corrected chi connectivity index (χ1v) is 6.17. The molecule has 2 bridgehead atoms. The number of hydrogen-bond donors (Lipinski definition) is 0. The summed E-state index contributed by atoms with van der Waals surface area (Å²) in [7, 11) is 0. The number of esters is 3. The molecule has 0 aromatic rings. The van der Waals surface area contributed by atoms with Gasteiger partial charge in [0.05, 0.1) is 6.61 Å². The monoisotopic (exact) mass is 288 g/mol. The van der Waals surface area contributed by atoms with Crippen LogP contribution < -0.4 is 0 Å². The molecule has 112 valence electrons. The summed E-state index contributed by atoms with van der Waals surface area (Å²) in [6, 6.07) is 0. The molecule has 8 nitrogen and oxygen atoms in total. The zero-order valence-electron chi connectivity index (χ0n) is 11.4. The van der Waals surface area contributed by atoms with E-state index in [1.807, 2.05) is 0 Å². The molecule has 5 atom stereocenters. The summed E-state index contributed by atoms with van der Waals surface area (Å²) in [5.74, 6) is -1.71. The maximum Gasteiger partial charge on any atom is 0.303 e. The van der Waals surface area contributed by atoms with Gasteiger partial charge in [0.25, 0.3) is 0 Å². The van der Waals surface area contributed by atoms with Gasteiger partial charge < -0.3 is 23.7 Å². The van der Waals surface area contributed by atoms with Crippen LogP contribution in [0, 0.1) is 0 Å². The lowest BCUT2D eigenvalue weighted by Crippen LogP contribution is -2.58. The van der Waals surface area contributed by atoms with Crippen LogP contribution >= 0.6 is 0 Å². The standard InChI is InChI=1S/C12H16O8/c1-5(13)17-9-8-4-16-12(20-8)11(19-7(3)15)10(9)18-6(2)14/h8-12H,4H2,1-3H3/t8-,9+,10+,11+,12-/m1/s1. The van der Waals surface area contributed by atoms with Gasteiger partial charge in [0, 0.05) is 20.8 Å². The van der Waals surface area contributed by atoms with E-state index in [1.165, 1.54) is 20.8 Å². The van der Waals surface area contributed by atoms with Gasteiger partial charge in [-0.25, -0.2) is 0 Å². The molecule has 2 aliphatic heterocycles. The highest BCUT2D eigenvalue weighted by molar-refractivity contribution is 5.68. The van der Waals surface area contributed by atoms with Crippen LogP contribution in [0.1, 0.15) is 20.8 Å². The van der Waals surface area contributed by atoms with Gasteiger partial charge in [-0.3, -0.25) is 14.4 Å². The average Bonchev–Trinajstić information content (AvgIpc) is 2.74. The van der Waals surface area contributed by atoms with Crippen LogP contribution in [0.15, 0.2) is 0 Å². The second-order valence-corrected chi connectivity index (χ2v) is 4.60. The maximum absolute atomic E-state index is 11.2. The van der Waals surface area contributed by atoms with Gasteiger partial charge in [0.2, 0.25) is 0 Å². The van der Waals surface area contributed by atoms with Crippen LogP contribution in [0.3, 0.4) is 0 Å². The van der Waals surface area contributed by atoms with Crippen LogP contribution in [0.2, 0.25) is 0 Å². The summed E-state index contributed by atoms with van der Waals surface area (Å²) < 4.78 is 26.2. The summed E-state index contributed by atoms with van der Waals surface area (Å²) in [5, 5.41) is 0. The van der Waals surface area contributed by atoms with Crippen molar-refractivity contribution in [1.82, 2.24) is 0 Å². The van der Waals surface area contributed by atoms with Crippen molar-refractivity contribution in [3.8, 4) is 0 Å². The molecule has 2 heterocycles. The third-order valence-corrected chi connectivity index (χ3v) is 2.92. The first-order valence-electron chi connectivity index (χ1n) is 6.17. The van der Waals surface area contributed by atoms with E-state index >= 15 is 0 Å². The lowest BCUT2D eigenvalue weighted by Gasteiger charge is -2.38. The molecule has 0 amide bonds. The Morgan fingerprint density at radius 1 is 0.850 bits per heavy atom. The van der Waals surface area contributed by atoms with Crippen molar-refractivity contribution in [2.75, 3.05) is 6.61 Å². The molecule has 2 aliphatic rings. The van der Waals surface area contributed by atoms with Crippen molar-refractivity contribution >= 4 is 17.9 Å². The summed E-state index contributed by atoms with van der Waals surface area (Å²) in [6.45, 7) is 3.83. The van der Waals surface area contributed by atoms with E-state index in [4.69, 9.17) is 23.7 Å². The van der Waals surface area contributed by atoms with E-state index in [0.29, 0.717) is 0 Å². The van der Waals surface area contributed by atoms with Crippen molar-refractivity contribution in [2.24, 2.45) is 0 Å². The van der Waals surface area contributed by atoms with E-state index in [0.717, 1.165) is 0 Å². The Labute approximate surface area is 115 Å². The summed E-state index contributed by atoms with van der Waals surface area (Å²) in [6.07, 6.45) is -4.19. The van der Waals surface area contributed by atoms with Crippen molar-refractivity contribution in [3.05, 3.63) is 0 Å². The van der Waals surface area contributed by atoms with Gasteiger partial charge in [0.1, 0.15) is 6.10 Å². The lowest BCUT2D eigenvalue weighted by atomic mass is 10.00. The molecule has 2 saturated heterocycles. The molecule has 0 radical (unpaired) electrons. The zero-order valence-corrected chi connectivity index (χ0v) is 11.4. The Kier molecular flexibility index (Phi) is 4.24. The van der Waals surface area contributed by atoms with Crippen LogP contribution in [-0.2, 0) is 38.1 Å².